The van der Waals surface area contributed by atoms with E-state index >= 15 is 0 Å². The Kier molecular flexibility index (Phi) is 8.34. The second-order valence-electron chi connectivity index (χ2n) is 6.43. The molecule has 0 saturated carbocycles. The monoisotopic (exact) mass is 405 g/mol. The van der Waals surface area contributed by atoms with Crippen LogP contribution >= 0.6 is 0 Å². The van der Waals surface area contributed by atoms with Crippen LogP contribution < -0.4 is 10.1 Å². The van der Waals surface area contributed by atoms with E-state index in [2.05, 4.69) is 10.2 Å². The van der Waals surface area contributed by atoms with E-state index < -0.39 is 18.8 Å². The predicted molar refractivity (Wildman–Crippen MR) is 97.7 cm³/mol. The first-order valence-corrected chi connectivity index (χ1v) is 9.06. The maximum absolute atomic E-state index is 12.6. The zero-order chi connectivity index (χ0) is 20.6. The van der Waals surface area contributed by atoms with Gasteiger partial charge in [-0.05, 0) is 19.1 Å². The minimum Gasteiger partial charge on any atom is -0.484 e. The van der Waals surface area contributed by atoms with Crippen molar-refractivity contribution in [2.45, 2.75) is 13.1 Å². The van der Waals surface area contributed by atoms with Gasteiger partial charge in [-0.25, -0.2) is 4.79 Å². The van der Waals surface area contributed by atoms with Gasteiger partial charge in [0.15, 0.2) is 6.61 Å². The Bertz CT molecular complexity index is 637. The molecule has 1 aromatic rings. The summed E-state index contributed by atoms with van der Waals surface area (Å²) in [4.78, 5) is 16.2. The molecule has 1 aliphatic rings. The van der Waals surface area contributed by atoms with E-state index in [1.165, 1.54) is 17.0 Å². The number of anilines is 1. The fourth-order valence-corrected chi connectivity index (χ4v) is 2.78. The predicted octanol–water partition coefficient (Wildman–Crippen LogP) is 2.09. The summed E-state index contributed by atoms with van der Waals surface area (Å²) in [5.74, 6) is 0.0529. The van der Waals surface area contributed by atoms with Crippen LogP contribution in [0.25, 0.3) is 0 Å². The minimum absolute atomic E-state index is 0.0529. The molecule has 0 atom stereocenters. The molecule has 2 amide bonds. The van der Waals surface area contributed by atoms with E-state index in [4.69, 9.17) is 9.47 Å². The molecule has 1 heterocycles. The van der Waals surface area contributed by atoms with Crippen molar-refractivity contribution in [1.29, 1.82) is 0 Å². The third kappa shape index (κ3) is 7.17. The Balaban J connectivity index is 1.97. The number of hydrogen-bond acceptors (Lipinski definition) is 5. The molecule has 2 rings (SSSR count). The number of rotatable bonds is 8. The van der Waals surface area contributed by atoms with Crippen LogP contribution in [0.15, 0.2) is 18.2 Å². The number of aliphatic hydroxyl groups is 1. The first-order valence-electron chi connectivity index (χ1n) is 9.06. The van der Waals surface area contributed by atoms with Gasteiger partial charge in [0.25, 0.3) is 0 Å². The Morgan fingerprint density at radius 1 is 1.32 bits per heavy atom. The number of aliphatic hydroxyl groups excluding tert-OH is 1. The standard InChI is InChI=1S/C18H26F3N3O4/c1-14-15(3-2-4-16(14)28-13-18(19,20)21)22-17(26)24(7-10-25)6-5-23-8-11-27-12-9-23/h2-4,25H,5-13H2,1H3,(H,22,26). The van der Waals surface area contributed by atoms with Crippen molar-refractivity contribution in [3.05, 3.63) is 23.8 Å². The fraction of sp³-hybridized carbons (Fsp3) is 0.611. The van der Waals surface area contributed by atoms with Crippen molar-refractivity contribution in [2.75, 3.05) is 64.5 Å². The molecule has 1 fully saturated rings. The number of halogens is 3. The lowest BCUT2D eigenvalue weighted by Crippen LogP contribution is -2.45. The van der Waals surface area contributed by atoms with Crippen molar-refractivity contribution in [1.82, 2.24) is 9.80 Å². The van der Waals surface area contributed by atoms with Gasteiger partial charge < -0.3 is 24.8 Å². The summed E-state index contributed by atoms with van der Waals surface area (Å²) >= 11 is 0. The number of nitrogens with zero attached hydrogens (tertiary/aromatic N) is 2. The molecule has 0 aliphatic carbocycles. The highest BCUT2D eigenvalue weighted by Gasteiger charge is 2.29. The number of carbonyl (C=O) groups excluding carboxylic acids is 1. The number of urea groups is 1. The number of alkyl halides is 3. The Labute approximate surface area is 162 Å². The molecule has 7 nitrogen and oxygen atoms in total. The van der Waals surface area contributed by atoms with Gasteiger partial charge in [0, 0.05) is 44.0 Å². The second-order valence-corrected chi connectivity index (χ2v) is 6.43. The summed E-state index contributed by atoms with van der Waals surface area (Å²) in [6.07, 6.45) is -4.44. The van der Waals surface area contributed by atoms with Crippen LogP contribution in [0.2, 0.25) is 0 Å². The van der Waals surface area contributed by atoms with E-state index in [-0.39, 0.29) is 18.9 Å². The molecule has 0 radical (unpaired) electrons. The van der Waals surface area contributed by atoms with Crippen LogP contribution in [-0.2, 0) is 4.74 Å². The average molecular weight is 405 g/mol. The molecular formula is C18H26F3N3O4. The minimum atomic E-state index is -4.44. The third-order valence-electron chi connectivity index (χ3n) is 4.36. The summed E-state index contributed by atoms with van der Waals surface area (Å²) in [6.45, 7) is 4.06. The fourth-order valence-electron chi connectivity index (χ4n) is 2.78. The second kappa shape index (κ2) is 10.5. The maximum Gasteiger partial charge on any atom is 0.422 e. The van der Waals surface area contributed by atoms with E-state index in [9.17, 15) is 23.1 Å². The largest absolute Gasteiger partial charge is 0.484 e. The van der Waals surface area contributed by atoms with Crippen molar-refractivity contribution in [3.8, 4) is 5.75 Å². The van der Waals surface area contributed by atoms with Gasteiger partial charge in [-0.2, -0.15) is 13.2 Å². The third-order valence-corrected chi connectivity index (χ3v) is 4.36. The van der Waals surface area contributed by atoms with Crippen molar-refractivity contribution >= 4 is 11.7 Å². The molecule has 158 valence electrons. The first-order chi connectivity index (χ1) is 13.3. The Morgan fingerprint density at radius 2 is 2.04 bits per heavy atom. The molecule has 28 heavy (non-hydrogen) atoms. The zero-order valence-corrected chi connectivity index (χ0v) is 15.8. The smallest absolute Gasteiger partial charge is 0.422 e. The highest BCUT2D eigenvalue weighted by atomic mass is 19.4. The van der Waals surface area contributed by atoms with Crippen LogP contribution in [0.5, 0.6) is 5.75 Å². The van der Waals surface area contributed by atoms with Gasteiger partial charge in [-0.1, -0.05) is 6.07 Å². The lowest BCUT2D eigenvalue weighted by Gasteiger charge is -2.30. The van der Waals surface area contributed by atoms with Crippen LogP contribution in [0.3, 0.4) is 0 Å². The zero-order valence-electron chi connectivity index (χ0n) is 15.8. The van der Waals surface area contributed by atoms with Crippen LogP contribution in [0.1, 0.15) is 5.56 Å². The number of nitrogens with one attached hydrogen (secondary N) is 1. The number of hydrogen-bond donors (Lipinski definition) is 2. The summed E-state index contributed by atoms with van der Waals surface area (Å²) < 4.78 is 47.2. The average Bonchev–Trinajstić information content (AvgIpc) is 2.66. The molecule has 0 bridgehead atoms. The van der Waals surface area contributed by atoms with E-state index in [1.807, 2.05) is 0 Å². The van der Waals surface area contributed by atoms with Gasteiger partial charge in [-0.15, -0.1) is 0 Å². The molecular weight excluding hydrogens is 379 g/mol. The summed E-state index contributed by atoms with van der Waals surface area (Å²) in [6, 6.07) is 4.09. The lowest BCUT2D eigenvalue weighted by atomic mass is 10.2. The van der Waals surface area contributed by atoms with Gasteiger partial charge in [0.05, 0.1) is 19.8 Å². The topological polar surface area (TPSA) is 74.3 Å². The number of ether oxygens (including phenoxy) is 2. The number of amides is 2. The van der Waals surface area contributed by atoms with Gasteiger partial charge in [0.1, 0.15) is 5.75 Å². The van der Waals surface area contributed by atoms with Gasteiger partial charge in [0.2, 0.25) is 0 Å². The maximum atomic E-state index is 12.6. The summed E-state index contributed by atoms with van der Waals surface area (Å²) in [7, 11) is 0. The first kappa shape index (κ1) is 22.3. The summed E-state index contributed by atoms with van der Waals surface area (Å²) in [5, 5.41) is 11.9. The van der Waals surface area contributed by atoms with E-state index in [1.54, 1.807) is 13.0 Å². The number of benzene rings is 1. The molecule has 10 heteroatoms. The van der Waals surface area contributed by atoms with Crippen molar-refractivity contribution < 1.29 is 32.5 Å². The van der Waals surface area contributed by atoms with E-state index in [0.717, 1.165) is 13.1 Å². The highest BCUT2D eigenvalue weighted by Crippen LogP contribution is 2.27. The van der Waals surface area contributed by atoms with E-state index in [0.29, 0.717) is 37.6 Å². The van der Waals surface area contributed by atoms with Gasteiger partial charge in [-0.3, -0.25) is 4.90 Å². The van der Waals surface area contributed by atoms with Crippen LogP contribution in [0, 0.1) is 6.92 Å². The molecule has 0 spiro atoms. The molecule has 1 aliphatic heterocycles. The molecule has 1 saturated heterocycles. The quantitative estimate of drug-likeness (QED) is 0.693. The molecule has 0 unspecified atom stereocenters. The SMILES string of the molecule is Cc1c(NC(=O)N(CCO)CCN2CCOCC2)cccc1OCC(F)(F)F. The molecule has 2 N–H and O–H groups in total. The molecule has 1 aromatic carbocycles. The van der Waals surface area contributed by atoms with Crippen LogP contribution in [-0.4, -0.2) is 86.3 Å². The lowest BCUT2D eigenvalue weighted by molar-refractivity contribution is -0.153. The molecule has 0 aromatic heterocycles. The number of morpholine rings is 1. The normalized spacial score (nSPS) is 15.3. The van der Waals surface area contributed by atoms with Crippen molar-refractivity contribution in [2.24, 2.45) is 0 Å². The Hall–Kier alpha value is -2.04. The Morgan fingerprint density at radius 3 is 2.68 bits per heavy atom. The highest BCUT2D eigenvalue weighted by molar-refractivity contribution is 5.90. The van der Waals surface area contributed by atoms with Gasteiger partial charge >= 0.3 is 12.2 Å². The van der Waals surface area contributed by atoms with Crippen molar-refractivity contribution in [3.63, 3.8) is 0 Å². The summed E-state index contributed by atoms with van der Waals surface area (Å²) in [5.41, 5.74) is 0.760. The number of carbonyl (C=O) groups is 1. The van der Waals surface area contributed by atoms with Crippen LogP contribution in [0.4, 0.5) is 23.7 Å².